The predicted octanol–water partition coefficient (Wildman–Crippen LogP) is 3.95. The molecule has 0 aliphatic carbocycles. The van der Waals surface area contributed by atoms with Crippen LogP contribution in [0.15, 0.2) is 36.4 Å². The first kappa shape index (κ1) is 19.2. The Kier molecular flexibility index (Phi) is 5.58. The second-order valence-electron chi connectivity index (χ2n) is 6.05. The number of fused-ring (bicyclic) bond motifs is 1. The molecular formula is C18H18Cl2N2O3S. The van der Waals surface area contributed by atoms with Crippen LogP contribution in [0, 0.1) is 0 Å². The number of nitrogens with zero attached hydrogens (tertiary/aromatic N) is 1. The molecule has 5 nitrogen and oxygen atoms in total. The van der Waals surface area contributed by atoms with Crippen molar-refractivity contribution in [3.8, 4) is 0 Å². The Bertz CT molecular complexity index is 961. The van der Waals surface area contributed by atoms with Crippen LogP contribution in [-0.4, -0.2) is 30.9 Å². The van der Waals surface area contributed by atoms with Crippen molar-refractivity contribution in [1.82, 2.24) is 4.31 Å². The monoisotopic (exact) mass is 412 g/mol. The Labute approximate surface area is 163 Å². The summed E-state index contributed by atoms with van der Waals surface area (Å²) in [6.45, 7) is 2.44. The zero-order valence-electron chi connectivity index (χ0n) is 14.1. The number of hydrogen-bond acceptors (Lipinski definition) is 3. The Morgan fingerprint density at radius 3 is 2.58 bits per heavy atom. The van der Waals surface area contributed by atoms with E-state index in [4.69, 9.17) is 23.2 Å². The molecule has 1 N–H and O–H groups in total. The van der Waals surface area contributed by atoms with E-state index in [9.17, 15) is 13.2 Å². The van der Waals surface area contributed by atoms with Gasteiger partial charge in [-0.3, -0.25) is 4.79 Å². The molecule has 1 aliphatic rings. The number of sulfonamides is 1. The minimum absolute atomic E-state index is 0.0795. The topological polar surface area (TPSA) is 66.5 Å². The molecule has 0 radical (unpaired) electrons. The first-order chi connectivity index (χ1) is 12.3. The van der Waals surface area contributed by atoms with E-state index < -0.39 is 10.0 Å². The smallest absolute Gasteiger partial charge is 0.255 e. The predicted molar refractivity (Wildman–Crippen MR) is 104 cm³/mol. The second kappa shape index (κ2) is 7.56. The number of rotatable bonds is 4. The Hall–Kier alpha value is -1.60. The molecule has 0 unspecified atom stereocenters. The molecule has 2 aromatic rings. The summed E-state index contributed by atoms with van der Waals surface area (Å²) < 4.78 is 25.7. The molecular weight excluding hydrogens is 395 g/mol. The van der Waals surface area contributed by atoms with E-state index in [2.05, 4.69) is 5.32 Å². The van der Waals surface area contributed by atoms with Crippen LogP contribution in [0.25, 0.3) is 0 Å². The van der Waals surface area contributed by atoms with Crippen molar-refractivity contribution >= 4 is 44.8 Å². The summed E-state index contributed by atoms with van der Waals surface area (Å²) in [6.07, 6.45) is 0.662. The van der Waals surface area contributed by atoms with Crippen LogP contribution in [0.2, 0.25) is 10.0 Å². The van der Waals surface area contributed by atoms with Gasteiger partial charge in [0, 0.05) is 24.3 Å². The van der Waals surface area contributed by atoms with Gasteiger partial charge in [-0.05, 0) is 54.8 Å². The van der Waals surface area contributed by atoms with Crippen molar-refractivity contribution in [2.45, 2.75) is 19.9 Å². The molecule has 0 aromatic heterocycles. The lowest BCUT2D eigenvalue weighted by Crippen LogP contribution is -2.36. The molecule has 0 saturated carbocycles. The minimum atomic E-state index is -3.23. The van der Waals surface area contributed by atoms with Crippen molar-refractivity contribution in [3.63, 3.8) is 0 Å². The number of hydrogen-bond donors (Lipinski definition) is 1. The molecule has 0 bridgehead atoms. The van der Waals surface area contributed by atoms with E-state index in [-0.39, 0.29) is 11.7 Å². The van der Waals surface area contributed by atoms with E-state index in [0.717, 1.165) is 11.1 Å². The van der Waals surface area contributed by atoms with Gasteiger partial charge in [0.25, 0.3) is 5.91 Å². The van der Waals surface area contributed by atoms with E-state index in [1.165, 1.54) is 10.4 Å². The van der Waals surface area contributed by atoms with Gasteiger partial charge in [0.15, 0.2) is 0 Å². The number of carbonyl (C=O) groups excluding carboxylic acids is 1. The second-order valence-corrected chi connectivity index (χ2v) is 9.12. The summed E-state index contributed by atoms with van der Waals surface area (Å²) in [4.78, 5) is 12.4. The fourth-order valence-electron chi connectivity index (χ4n) is 2.87. The number of nitrogens with one attached hydrogen (secondary N) is 1. The molecule has 2 aromatic carbocycles. The Balaban J connectivity index is 1.79. The molecule has 1 heterocycles. The Morgan fingerprint density at radius 1 is 1.12 bits per heavy atom. The van der Waals surface area contributed by atoms with E-state index >= 15 is 0 Å². The molecule has 0 fully saturated rings. The molecule has 0 saturated heterocycles. The van der Waals surface area contributed by atoms with Crippen LogP contribution in [0.5, 0.6) is 0 Å². The molecule has 1 aliphatic heterocycles. The maximum Gasteiger partial charge on any atom is 0.255 e. The molecule has 26 heavy (non-hydrogen) atoms. The first-order valence-corrected chi connectivity index (χ1v) is 10.5. The van der Waals surface area contributed by atoms with Gasteiger partial charge in [0.1, 0.15) is 0 Å². The lowest BCUT2D eigenvalue weighted by Gasteiger charge is -2.28. The van der Waals surface area contributed by atoms with Crippen LogP contribution < -0.4 is 5.32 Å². The highest BCUT2D eigenvalue weighted by atomic mass is 35.5. The van der Waals surface area contributed by atoms with Gasteiger partial charge in [-0.25, -0.2) is 8.42 Å². The number of benzene rings is 2. The summed E-state index contributed by atoms with van der Waals surface area (Å²) in [5.41, 5.74) is 3.00. The van der Waals surface area contributed by atoms with Gasteiger partial charge in [0.05, 0.1) is 15.8 Å². The maximum atomic E-state index is 12.4. The largest absolute Gasteiger partial charge is 0.322 e. The van der Waals surface area contributed by atoms with Crippen LogP contribution in [-0.2, 0) is 23.0 Å². The quantitative estimate of drug-likeness (QED) is 0.826. The van der Waals surface area contributed by atoms with Crippen LogP contribution in [0.1, 0.15) is 28.4 Å². The fraction of sp³-hybridized carbons (Fsp3) is 0.278. The number of carbonyl (C=O) groups is 1. The van der Waals surface area contributed by atoms with Gasteiger partial charge in [-0.2, -0.15) is 4.31 Å². The zero-order valence-corrected chi connectivity index (χ0v) is 16.5. The first-order valence-electron chi connectivity index (χ1n) is 8.16. The Morgan fingerprint density at radius 2 is 1.88 bits per heavy atom. The van der Waals surface area contributed by atoms with Crippen molar-refractivity contribution < 1.29 is 13.2 Å². The van der Waals surface area contributed by atoms with Gasteiger partial charge in [-0.15, -0.1) is 0 Å². The highest BCUT2D eigenvalue weighted by molar-refractivity contribution is 7.89. The lowest BCUT2D eigenvalue weighted by molar-refractivity contribution is 0.102. The average molecular weight is 413 g/mol. The van der Waals surface area contributed by atoms with E-state index in [1.54, 1.807) is 19.1 Å². The highest BCUT2D eigenvalue weighted by Crippen LogP contribution is 2.26. The van der Waals surface area contributed by atoms with E-state index in [0.29, 0.717) is 40.8 Å². The van der Waals surface area contributed by atoms with Gasteiger partial charge in [0.2, 0.25) is 10.0 Å². The number of amides is 1. The molecule has 1 amide bonds. The van der Waals surface area contributed by atoms with Crippen LogP contribution in [0.3, 0.4) is 0 Å². The third kappa shape index (κ3) is 4.04. The van der Waals surface area contributed by atoms with Gasteiger partial charge in [-0.1, -0.05) is 29.3 Å². The molecule has 0 atom stereocenters. The zero-order chi connectivity index (χ0) is 18.9. The maximum absolute atomic E-state index is 12.4. The number of halogens is 2. The van der Waals surface area contributed by atoms with Crippen LogP contribution in [0.4, 0.5) is 5.69 Å². The fourth-order valence-corrected chi connectivity index (χ4v) is 4.24. The lowest BCUT2D eigenvalue weighted by atomic mass is 10.0. The standard InChI is InChI=1S/C18H18Cl2N2O3S/c1-2-26(24,25)22-8-7-12-3-5-15(9-14(12)11-22)21-18(23)13-4-6-16(19)17(20)10-13/h3-6,9-10H,2,7-8,11H2,1H3,(H,21,23). The third-order valence-electron chi connectivity index (χ3n) is 4.38. The normalized spacial score (nSPS) is 14.7. The summed E-state index contributed by atoms with van der Waals surface area (Å²) in [7, 11) is -3.23. The highest BCUT2D eigenvalue weighted by Gasteiger charge is 2.25. The summed E-state index contributed by atoms with van der Waals surface area (Å²) in [5, 5.41) is 3.51. The molecule has 3 rings (SSSR count). The van der Waals surface area contributed by atoms with Gasteiger partial charge >= 0.3 is 0 Å². The van der Waals surface area contributed by atoms with Crippen molar-refractivity contribution in [1.29, 1.82) is 0 Å². The van der Waals surface area contributed by atoms with Crippen molar-refractivity contribution in [2.75, 3.05) is 17.6 Å². The minimum Gasteiger partial charge on any atom is -0.322 e. The molecule has 138 valence electrons. The summed E-state index contributed by atoms with van der Waals surface area (Å²) >= 11 is 11.8. The molecule has 0 spiro atoms. The van der Waals surface area contributed by atoms with Crippen molar-refractivity contribution in [3.05, 3.63) is 63.1 Å². The van der Waals surface area contributed by atoms with Crippen LogP contribution >= 0.6 is 23.2 Å². The SMILES string of the molecule is CCS(=O)(=O)N1CCc2ccc(NC(=O)c3ccc(Cl)c(Cl)c3)cc2C1. The van der Waals surface area contributed by atoms with Gasteiger partial charge < -0.3 is 5.32 Å². The average Bonchev–Trinajstić information content (AvgIpc) is 2.63. The van der Waals surface area contributed by atoms with Crippen molar-refractivity contribution in [2.24, 2.45) is 0 Å². The summed E-state index contributed by atoms with van der Waals surface area (Å²) in [5.74, 6) is -0.229. The summed E-state index contributed by atoms with van der Waals surface area (Å²) in [6, 6.07) is 10.2. The van der Waals surface area contributed by atoms with E-state index in [1.807, 2.05) is 18.2 Å². The number of anilines is 1. The molecule has 8 heteroatoms. The third-order valence-corrected chi connectivity index (χ3v) is 6.95.